The number of carboxylic acids is 1. The molecule has 1 amide bonds. The van der Waals surface area contributed by atoms with Crippen molar-refractivity contribution in [3.8, 4) is 0 Å². The summed E-state index contributed by atoms with van der Waals surface area (Å²) in [6, 6.07) is 8.06. The molecule has 1 aromatic heterocycles. The number of likely N-dealkylation sites (tertiary alicyclic amines) is 1. The average Bonchev–Trinajstić information content (AvgIpc) is 2.89. The number of aryl methyl sites for hydroxylation is 1. The molecule has 23 heavy (non-hydrogen) atoms. The van der Waals surface area contributed by atoms with Crippen LogP contribution in [0.25, 0.3) is 17.0 Å². The molecule has 1 N–H and O–H groups in total. The fourth-order valence-electron chi connectivity index (χ4n) is 3.12. The highest BCUT2D eigenvalue weighted by atomic mass is 16.4. The number of carbonyl (C=O) groups excluding carboxylic acids is 1. The predicted molar refractivity (Wildman–Crippen MR) is 88.9 cm³/mol. The van der Waals surface area contributed by atoms with E-state index >= 15 is 0 Å². The molecule has 0 spiro atoms. The molecule has 1 fully saturated rings. The summed E-state index contributed by atoms with van der Waals surface area (Å²) in [5, 5.41) is 10.1. The Morgan fingerprint density at radius 1 is 1.22 bits per heavy atom. The van der Waals surface area contributed by atoms with Crippen molar-refractivity contribution in [1.82, 2.24) is 9.47 Å². The fraction of sp³-hybridized carbons (Fsp3) is 0.333. The van der Waals surface area contributed by atoms with Crippen molar-refractivity contribution in [3.05, 3.63) is 42.1 Å². The Hall–Kier alpha value is -2.56. The molecule has 0 saturated carbocycles. The van der Waals surface area contributed by atoms with Crippen molar-refractivity contribution in [2.45, 2.75) is 12.8 Å². The summed E-state index contributed by atoms with van der Waals surface area (Å²) in [4.78, 5) is 24.9. The predicted octanol–water partition coefficient (Wildman–Crippen LogP) is 2.51. The summed E-state index contributed by atoms with van der Waals surface area (Å²) in [5.74, 6) is -1.13. The van der Waals surface area contributed by atoms with E-state index in [0.29, 0.717) is 25.9 Å². The highest BCUT2D eigenvalue weighted by Gasteiger charge is 2.25. The van der Waals surface area contributed by atoms with Gasteiger partial charge in [-0.25, -0.2) is 0 Å². The minimum Gasteiger partial charge on any atom is -0.481 e. The second kappa shape index (κ2) is 6.28. The van der Waals surface area contributed by atoms with Crippen molar-refractivity contribution in [3.63, 3.8) is 0 Å². The molecule has 3 rings (SSSR count). The molecule has 0 aliphatic carbocycles. The Kier molecular flexibility index (Phi) is 4.19. The molecule has 2 heterocycles. The molecule has 0 bridgehead atoms. The monoisotopic (exact) mass is 312 g/mol. The second-order valence-corrected chi connectivity index (χ2v) is 5.98. The molecule has 1 aliphatic rings. The number of piperidine rings is 1. The standard InChI is InChI=1S/C18H20N2O3/c1-19-12-14(15-4-2-3-5-16(15)19)6-7-17(21)20-10-8-13(9-11-20)18(22)23/h2-7,12-13H,8-11H2,1H3,(H,22,23)/b7-6+. The van der Waals surface area contributed by atoms with Crippen LogP contribution in [-0.2, 0) is 16.6 Å². The first-order chi connectivity index (χ1) is 11.1. The molecule has 1 saturated heterocycles. The number of amides is 1. The zero-order chi connectivity index (χ0) is 16.4. The Balaban J connectivity index is 1.70. The van der Waals surface area contributed by atoms with Crippen LogP contribution in [0, 0.1) is 5.92 Å². The van der Waals surface area contributed by atoms with Crippen LogP contribution in [-0.4, -0.2) is 39.5 Å². The van der Waals surface area contributed by atoms with E-state index in [-0.39, 0.29) is 11.8 Å². The van der Waals surface area contributed by atoms with Gasteiger partial charge in [-0.15, -0.1) is 0 Å². The van der Waals surface area contributed by atoms with E-state index in [1.165, 1.54) is 0 Å². The first-order valence-corrected chi connectivity index (χ1v) is 7.80. The van der Waals surface area contributed by atoms with E-state index < -0.39 is 5.97 Å². The fourth-order valence-corrected chi connectivity index (χ4v) is 3.12. The van der Waals surface area contributed by atoms with E-state index in [1.807, 2.05) is 48.2 Å². The number of aromatic nitrogens is 1. The van der Waals surface area contributed by atoms with Crippen molar-refractivity contribution in [2.24, 2.45) is 13.0 Å². The third-order valence-corrected chi connectivity index (χ3v) is 4.49. The smallest absolute Gasteiger partial charge is 0.306 e. The molecule has 1 aliphatic heterocycles. The van der Waals surface area contributed by atoms with E-state index in [0.717, 1.165) is 16.5 Å². The number of hydrogen-bond acceptors (Lipinski definition) is 2. The SMILES string of the molecule is Cn1cc(/C=C/C(=O)N2CCC(C(=O)O)CC2)c2ccccc21. The maximum Gasteiger partial charge on any atom is 0.306 e. The molecule has 0 atom stereocenters. The maximum absolute atomic E-state index is 12.3. The molecule has 2 aromatic rings. The van der Waals surface area contributed by atoms with Crippen LogP contribution in [0.5, 0.6) is 0 Å². The van der Waals surface area contributed by atoms with Crippen LogP contribution in [0.4, 0.5) is 0 Å². The molecule has 5 heteroatoms. The zero-order valence-corrected chi connectivity index (χ0v) is 13.1. The summed E-state index contributed by atoms with van der Waals surface area (Å²) in [6.45, 7) is 1.02. The van der Waals surface area contributed by atoms with Gasteiger partial charge < -0.3 is 14.6 Å². The Morgan fingerprint density at radius 3 is 2.61 bits per heavy atom. The van der Waals surface area contributed by atoms with Crippen LogP contribution in [0.1, 0.15) is 18.4 Å². The number of carboxylic acid groups (broad SMARTS) is 1. The van der Waals surface area contributed by atoms with E-state index in [9.17, 15) is 9.59 Å². The van der Waals surface area contributed by atoms with Gasteiger partial charge in [0.1, 0.15) is 0 Å². The van der Waals surface area contributed by atoms with Gasteiger partial charge in [-0.2, -0.15) is 0 Å². The van der Waals surface area contributed by atoms with E-state index in [4.69, 9.17) is 5.11 Å². The Bertz CT molecular complexity index is 768. The van der Waals surface area contributed by atoms with Crippen LogP contribution in [0.15, 0.2) is 36.5 Å². The number of carbonyl (C=O) groups is 2. The van der Waals surface area contributed by atoms with Crippen LogP contribution >= 0.6 is 0 Å². The van der Waals surface area contributed by atoms with Gasteiger partial charge in [-0.3, -0.25) is 9.59 Å². The molecule has 5 nitrogen and oxygen atoms in total. The number of hydrogen-bond donors (Lipinski definition) is 1. The number of fused-ring (bicyclic) bond motifs is 1. The van der Waals surface area contributed by atoms with Crippen molar-refractivity contribution in [2.75, 3.05) is 13.1 Å². The molecular formula is C18H20N2O3. The van der Waals surface area contributed by atoms with Crippen LogP contribution < -0.4 is 0 Å². The number of benzene rings is 1. The Morgan fingerprint density at radius 2 is 1.91 bits per heavy atom. The number of rotatable bonds is 3. The van der Waals surface area contributed by atoms with Crippen LogP contribution in [0.3, 0.4) is 0 Å². The molecule has 0 unspecified atom stereocenters. The van der Waals surface area contributed by atoms with Gasteiger partial charge in [0.05, 0.1) is 5.92 Å². The summed E-state index contributed by atoms with van der Waals surface area (Å²) in [5.41, 5.74) is 2.14. The molecule has 1 aromatic carbocycles. The maximum atomic E-state index is 12.3. The summed E-state index contributed by atoms with van der Waals surface area (Å²) in [7, 11) is 1.98. The minimum atomic E-state index is -0.761. The third-order valence-electron chi connectivity index (χ3n) is 4.49. The lowest BCUT2D eigenvalue weighted by Crippen LogP contribution is -2.39. The third kappa shape index (κ3) is 3.13. The second-order valence-electron chi connectivity index (χ2n) is 5.98. The van der Waals surface area contributed by atoms with Crippen molar-refractivity contribution in [1.29, 1.82) is 0 Å². The van der Waals surface area contributed by atoms with Gasteiger partial charge in [-0.1, -0.05) is 18.2 Å². The Labute approximate surface area is 134 Å². The first-order valence-electron chi connectivity index (χ1n) is 7.80. The number of aliphatic carboxylic acids is 1. The van der Waals surface area contributed by atoms with Gasteiger partial charge in [0.15, 0.2) is 0 Å². The average molecular weight is 312 g/mol. The lowest BCUT2D eigenvalue weighted by atomic mass is 9.97. The number of nitrogens with zero attached hydrogens (tertiary/aromatic N) is 2. The van der Waals surface area contributed by atoms with Crippen LogP contribution in [0.2, 0.25) is 0 Å². The van der Waals surface area contributed by atoms with Gasteiger partial charge in [0.2, 0.25) is 5.91 Å². The largest absolute Gasteiger partial charge is 0.481 e. The van der Waals surface area contributed by atoms with E-state index in [1.54, 1.807) is 11.0 Å². The highest BCUT2D eigenvalue weighted by molar-refractivity contribution is 5.96. The van der Waals surface area contributed by atoms with Crippen molar-refractivity contribution >= 4 is 28.9 Å². The zero-order valence-electron chi connectivity index (χ0n) is 13.1. The van der Waals surface area contributed by atoms with Gasteiger partial charge >= 0.3 is 5.97 Å². The first kappa shape index (κ1) is 15.3. The topological polar surface area (TPSA) is 62.5 Å². The summed E-state index contributed by atoms with van der Waals surface area (Å²) < 4.78 is 2.04. The van der Waals surface area contributed by atoms with Crippen molar-refractivity contribution < 1.29 is 14.7 Å². The quantitative estimate of drug-likeness (QED) is 0.886. The lowest BCUT2D eigenvalue weighted by Gasteiger charge is -2.29. The summed E-state index contributed by atoms with van der Waals surface area (Å²) >= 11 is 0. The summed E-state index contributed by atoms with van der Waals surface area (Å²) in [6.07, 6.45) is 6.49. The van der Waals surface area contributed by atoms with Gasteiger partial charge in [-0.05, 0) is 25.0 Å². The molecular weight excluding hydrogens is 292 g/mol. The molecule has 120 valence electrons. The lowest BCUT2D eigenvalue weighted by molar-refractivity contribution is -0.144. The van der Waals surface area contributed by atoms with E-state index in [2.05, 4.69) is 0 Å². The van der Waals surface area contributed by atoms with Gasteiger partial charge in [0.25, 0.3) is 0 Å². The highest BCUT2D eigenvalue weighted by Crippen LogP contribution is 2.22. The minimum absolute atomic E-state index is 0.0539. The molecule has 0 radical (unpaired) electrons. The number of para-hydroxylation sites is 1. The normalized spacial score (nSPS) is 16.3. The van der Waals surface area contributed by atoms with Gasteiger partial charge in [0, 0.05) is 48.9 Å².